The zero-order valence-electron chi connectivity index (χ0n) is 15.5. The Labute approximate surface area is 166 Å². The van der Waals surface area contributed by atoms with Crippen molar-refractivity contribution in [2.75, 3.05) is 6.61 Å². The summed E-state index contributed by atoms with van der Waals surface area (Å²) in [5, 5.41) is 6.74. The van der Waals surface area contributed by atoms with Crippen molar-refractivity contribution < 1.29 is 14.3 Å². The van der Waals surface area contributed by atoms with Crippen LogP contribution in [0.15, 0.2) is 46.5 Å². The zero-order valence-corrected chi connectivity index (χ0v) is 17.2. The van der Waals surface area contributed by atoms with Gasteiger partial charge in [0.25, 0.3) is 0 Å². The molecule has 0 atom stereocenters. The summed E-state index contributed by atoms with van der Waals surface area (Å²) in [5.74, 6) is -0.655. The minimum atomic E-state index is -0.447. The summed E-state index contributed by atoms with van der Waals surface area (Å²) in [6.45, 7) is 6.10. The molecule has 0 saturated carbocycles. The van der Waals surface area contributed by atoms with Gasteiger partial charge in [0.15, 0.2) is 12.4 Å². The van der Waals surface area contributed by atoms with Crippen molar-refractivity contribution in [3.05, 3.63) is 63.3 Å². The van der Waals surface area contributed by atoms with E-state index >= 15 is 0 Å². The molecule has 27 heavy (non-hydrogen) atoms. The van der Waals surface area contributed by atoms with Gasteiger partial charge < -0.3 is 4.74 Å². The van der Waals surface area contributed by atoms with Gasteiger partial charge in [-0.2, -0.15) is 11.3 Å². The second-order valence-electron chi connectivity index (χ2n) is 7.24. The Hall–Kier alpha value is -2.31. The molecule has 2 aromatic heterocycles. The first-order valence-corrected chi connectivity index (χ1v) is 10.4. The number of rotatable bonds is 6. The number of carbonyl (C=O) groups is 2. The molecule has 0 aliphatic heterocycles. The molecule has 140 valence electrons. The van der Waals surface area contributed by atoms with E-state index in [1.54, 1.807) is 23.5 Å². The summed E-state index contributed by atoms with van der Waals surface area (Å²) in [6, 6.07) is 9.44. The van der Waals surface area contributed by atoms with E-state index < -0.39 is 5.97 Å². The van der Waals surface area contributed by atoms with Crippen LogP contribution in [0.25, 0.3) is 10.6 Å². The van der Waals surface area contributed by atoms with E-state index in [9.17, 15) is 9.59 Å². The molecular weight excluding hydrogens is 378 g/mol. The third-order valence-corrected chi connectivity index (χ3v) is 5.71. The van der Waals surface area contributed by atoms with Crippen LogP contribution in [0.5, 0.6) is 0 Å². The van der Waals surface area contributed by atoms with Crippen molar-refractivity contribution in [3.8, 4) is 10.6 Å². The predicted molar refractivity (Wildman–Crippen MR) is 110 cm³/mol. The number of aromatic nitrogens is 1. The first-order valence-electron chi connectivity index (χ1n) is 8.59. The molecule has 0 aliphatic carbocycles. The minimum absolute atomic E-state index is 0.0312. The topological polar surface area (TPSA) is 56.3 Å². The lowest BCUT2D eigenvalue weighted by Gasteiger charge is -2.18. The quantitative estimate of drug-likeness (QED) is 0.425. The van der Waals surface area contributed by atoms with Crippen LogP contribution in [-0.4, -0.2) is 23.3 Å². The van der Waals surface area contributed by atoms with E-state index in [0.717, 1.165) is 16.1 Å². The van der Waals surface area contributed by atoms with Gasteiger partial charge >= 0.3 is 5.97 Å². The maximum Gasteiger partial charge on any atom is 0.312 e. The van der Waals surface area contributed by atoms with Crippen molar-refractivity contribution in [2.24, 2.45) is 0 Å². The van der Waals surface area contributed by atoms with Crippen molar-refractivity contribution in [2.45, 2.75) is 32.6 Å². The van der Waals surface area contributed by atoms with Crippen LogP contribution in [-0.2, 0) is 21.4 Å². The summed E-state index contributed by atoms with van der Waals surface area (Å²) in [5.41, 5.74) is 3.44. The zero-order chi connectivity index (χ0) is 19.4. The lowest BCUT2D eigenvalue weighted by atomic mass is 9.86. The Morgan fingerprint density at radius 2 is 1.81 bits per heavy atom. The standard InChI is InChI=1S/C21H21NO3S2/c1-21(2,3)16-6-4-14(5-7-16)18(23)11-25-19(24)10-17-13-27-20(22-17)15-8-9-26-12-15/h4-9,12-13H,10-11H2,1-3H3. The molecule has 0 radical (unpaired) electrons. The highest BCUT2D eigenvalue weighted by Crippen LogP contribution is 2.26. The van der Waals surface area contributed by atoms with E-state index in [1.165, 1.54) is 11.3 Å². The van der Waals surface area contributed by atoms with E-state index in [-0.39, 0.29) is 24.2 Å². The van der Waals surface area contributed by atoms with Crippen LogP contribution in [0, 0.1) is 0 Å². The van der Waals surface area contributed by atoms with Gasteiger partial charge in [0.1, 0.15) is 5.01 Å². The molecule has 1 aromatic carbocycles. The molecule has 0 unspecified atom stereocenters. The number of thiophene rings is 1. The van der Waals surface area contributed by atoms with Crippen LogP contribution >= 0.6 is 22.7 Å². The lowest BCUT2D eigenvalue weighted by Crippen LogP contribution is -2.16. The van der Waals surface area contributed by atoms with Gasteiger partial charge in [-0.1, -0.05) is 45.0 Å². The van der Waals surface area contributed by atoms with Crippen LogP contribution in [0.4, 0.5) is 0 Å². The molecule has 0 spiro atoms. The highest BCUT2D eigenvalue weighted by molar-refractivity contribution is 7.14. The molecular formula is C21H21NO3S2. The number of benzene rings is 1. The number of esters is 1. The van der Waals surface area contributed by atoms with Gasteiger partial charge in [0.05, 0.1) is 12.1 Å². The number of hydrogen-bond acceptors (Lipinski definition) is 6. The van der Waals surface area contributed by atoms with Gasteiger partial charge in [-0.15, -0.1) is 11.3 Å². The third-order valence-electron chi connectivity index (χ3n) is 4.08. The SMILES string of the molecule is CC(C)(C)c1ccc(C(=O)COC(=O)Cc2csc(-c3ccsc3)n2)cc1. The van der Waals surface area contributed by atoms with Crippen molar-refractivity contribution in [3.63, 3.8) is 0 Å². The van der Waals surface area contributed by atoms with Crippen LogP contribution in [0.2, 0.25) is 0 Å². The summed E-state index contributed by atoms with van der Waals surface area (Å²) in [6.07, 6.45) is 0.0663. The average molecular weight is 400 g/mol. The highest BCUT2D eigenvalue weighted by atomic mass is 32.1. The van der Waals surface area contributed by atoms with E-state index in [1.807, 2.05) is 34.3 Å². The fourth-order valence-electron chi connectivity index (χ4n) is 2.49. The van der Waals surface area contributed by atoms with Gasteiger partial charge in [0, 0.05) is 21.9 Å². The first-order chi connectivity index (χ1) is 12.8. The number of nitrogens with zero attached hydrogens (tertiary/aromatic N) is 1. The van der Waals surface area contributed by atoms with Gasteiger partial charge in [-0.25, -0.2) is 4.98 Å². The number of Topliss-reactive ketones (excluding diaryl/α,β-unsaturated/α-hetero) is 1. The van der Waals surface area contributed by atoms with Gasteiger partial charge in [0.2, 0.25) is 0 Å². The maximum atomic E-state index is 12.2. The van der Waals surface area contributed by atoms with Crippen LogP contribution in [0.1, 0.15) is 42.4 Å². The number of carbonyl (C=O) groups excluding carboxylic acids is 2. The Morgan fingerprint density at radius 1 is 1.07 bits per heavy atom. The third kappa shape index (κ3) is 5.11. The Bertz CT molecular complexity index is 919. The fourth-order valence-corrected chi connectivity index (χ4v) is 4.02. The van der Waals surface area contributed by atoms with Crippen molar-refractivity contribution >= 4 is 34.4 Å². The van der Waals surface area contributed by atoms with Crippen molar-refractivity contribution in [1.29, 1.82) is 0 Å². The minimum Gasteiger partial charge on any atom is -0.457 e. The second kappa shape index (κ2) is 8.15. The second-order valence-corrected chi connectivity index (χ2v) is 8.88. The molecule has 3 rings (SSSR count). The molecule has 4 nitrogen and oxygen atoms in total. The van der Waals surface area contributed by atoms with Crippen LogP contribution in [0.3, 0.4) is 0 Å². The summed E-state index contributed by atoms with van der Waals surface area (Å²) in [4.78, 5) is 28.7. The van der Waals surface area contributed by atoms with Gasteiger partial charge in [-0.05, 0) is 22.4 Å². The molecule has 0 bridgehead atoms. The number of thiazole rings is 1. The Kier molecular flexibility index (Phi) is 5.87. The molecule has 2 heterocycles. The van der Waals surface area contributed by atoms with E-state index in [4.69, 9.17) is 4.74 Å². The Morgan fingerprint density at radius 3 is 2.44 bits per heavy atom. The van der Waals surface area contributed by atoms with Crippen molar-refractivity contribution in [1.82, 2.24) is 4.98 Å². The highest BCUT2D eigenvalue weighted by Gasteiger charge is 2.16. The van der Waals surface area contributed by atoms with E-state index in [2.05, 4.69) is 25.8 Å². The predicted octanol–water partition coefficient (Wildman–Crippen LogP) is 5.14. The smallest absolute Gasteiger partial charge is 0.312 e. The molecule has 3 aromatic rings. The fraction of sp³-hybridized carbons (Fsp3) is 0.286. The molecule has 0 saturated heterocycles. The Balaban J connectivity index is 1.52. The monoisotopic (exact) mass is 399 g/mol. The summed E-state index contributed by atoms with van der Waals surface area (Å²) >= 11 is 3.10. The van der Waals surface area contributed by atoms with Gasteiger partial charge in [-0.3, -0.25) is 9.59 Å². The number of ketones is 1. The summed E-state index contributed by atoms with van der Waals surface area (Å²) in [7, 11) is 0. The molecule has 0 fully saturated rings. The molecule has 0 aliphatic rings. The van der Waals surface area contributed by atoms with Crippen LogP contribution < -0.4 is 0 Å². The molecule has 0 N–H and O–H groups in total. The normalized spacial score (nSPS) is 11.4. The van der Waals surface area contributed by atoms with E-state index in [0.29, 0.717) is 11.3 Å². The lowest BCUT2D eigenvalue weighted by molar-refractivity contribution is -0.141. The summed E-state index contributed by atoms with van der Waals surface area (Å²) < 4.78 is 5.14. The molecule has 6 heteroatoms. The maximum absolute atomic E-state index is 12.2. The number of ether oxygens (including phenoxy) is 1. The average Bonchev–Trinajstić information content (AvgIpc) is 3.30. The first kappa shape index (κ1) is 19.5. The number of hydrogen-bond donors (Lipinski definition) is 0. The molecule has 0 amide bonds. The largest absolute Gasteiger partial charge is 0.457 e.